The molecule has 0 bridgehead atoms. The maximum Gasteiger partial charge on any atom is 1.00 e. The summed E-state index contributed by atoms with van der Waals surface area (Å²) in [5.41, 5.74) is 2.80. The molecule has 0 unspecified atom stereocenters. The zero-order valence-electron chi connectivity index (χ0n) is 10.4. The van der Waals surface area contributed by atoms with Gasteiger partial charge < -0.3 is 15.2 Å². The Morgan fingerprint density at radius 2 is 1.88 bits per heavy atom. The molecule has 17 heavy (non-hydrogen) atoms. The molecule has 5 heteroatoms. The molecule has 0 spiro atoms. The molecule has 1 N–H and O–H groups in total. The monoisotopic (exact) mass is 259 g/mol. The predicted molar refractivity (Wildman–Crippen MR) is 58.8 cm³/mol. The van der Waals surface area contributed by atoms with Crippen molar-refractivity contribution in [2.75, 3.05) is 5.32 Å². The van der Waals surface area contributed by atoms with Crippen molar-refractivity contribution in [3.63, 3.8) is 0 Å². The fraction of sp³-hybridized carbons (Fsp3) is 0.333. The van der Waals surface area contributed by atoms with E-state index in [2.05, 4.69) is 5.32 Å². The van der Waals surface area contributed by atoms with Crippen molar-refractivity contribution in [1.82, 2.24) is 0 Å². The molecule has 0 fully saturated rings. The first-order valence-electron chi connectivity index (χ1n) is 5.06. The van der Waals surface area contributed by atoms with Gasteiger partial charge in [-0.2, -0.15) is 0 Å². The average Bonchev–Trinajstić information content (AvgIpc) is 2.22. The molecule has 0 saturated heterocycles. The smallest absolute Gasteiger partial charge is 0.550 e. The van der Waals surface area contributed by atoms with Crippen molar-refractivity contribution >= 4 is 17.6 Å². The van der Waals surface area contributed by atoms with Gasteiger partial charge in [-0.3, -0.25) is 4.79 Å². The summed E-state index contributed by atoms with van der Waals surface area (Å²) < 4.78 is 0. The molecule has 0 atom stereocenters. The summed E-state index contributed by atoms with van der Waals surface area (Å²) in [5.74, 6) is -1.52. The number of carboxylic acids is 1. The quantitative estimate of drug-likeness (QED) is 0.623. The van der Waals surface area contributed by atoms with Crippen LogP contribution in [-0.4, -0.2) is 11.9 Å². The molecule has 86 valence electrons. The number of anilines is 1. The molecular formula is C12H14KNO3. The number of carboxylic acid groups (broad SMARTS) is 1. The summed E-state index contributed by atoms with van der Waals surface area (Å²) >= 11 is 0. The van der Waals surface area contributed by atoms with Crippen LogP contribution in [0.3, 0.4) is 0 Å². The Labute approximate surface area is 143 Å². The molecule has 1 aromatic rings. The normalized spacial score (nSPS) is 9.29. The van der Waals surface area contributed by atoms with Gasteiger partial charge in [-0.15, -0.1) is 0 Å². The van der Waals surface area contributed by atoms with Crippen molar-refractivity contribution in [2.24, 2.45) is 0 Å². The van der Waals surface area contributed by atoms with Crippen LogP contribution < -0.4 is 61.8 Å². The number of nitrogens with one attached hydrogen (secondary N) is 1. The molecule has 0 aromatic heterocycles. The van der Waals surface area contributed by atoms with Gasteiger partial charge in [-0.25, -0.2) is 0 Å². The molecular weight excluding hydrogens is 245 g/mol. The molecule has 0 aliphatic heterocycles. The van der Waals surface area contributed by atoms with Crippen molar-refractivity contribution in [3.05, 3.63) is 29.3 Å². The number of aryl methyl sites for hydroxylation is 1. The van der Waals surface area contributed by atoms with Crippen LogP contribution in [0.4, 0.5) is 5.69 Å². The fourth-order valence-electron chi connectivity index (χ4n) is 1.31. The summed E-state index contributed by atoms with van der Waals surface area (Å²) in [6.07, 6.45) is -0.313. The summed E-state index contributed by atoms with van der Waals surface area (Å²) in [7, 11) is 0. The van der Waals surface area contributed by atoms with Gasteiger partial charge in [0.05, 0.1) is 0 Å². The third-order valence-electron chi connectivity index (χ3n) is 2.43. The van der Waals surface area contributed by atoms with Crippen LogP contribution in [0.1, 0.15) is 24.0 Å². The molecule has 1 aromatic carbocycles. The first-order valence-corrected chi connectivity index (χ1v) is 5.06. The molecule has 0 aliphatic rings. The van der Waals surface area contributed by atoms with E-state index in [-0.39, 0.29) is 70.1 Å². The topological polar surface area (TPSA) is 69.2 Å². The van der Waals surface area contributed by atoms with Crippen LogP contribution in [0.2, 0.25) is 0 Å². The number of benzene rings is 1. The number of hydrogen-bond acceptors (Lipinski definition) is 3. The van der Waals surface area contributed by atoms with Gasteiger partial charge in [0.15, 0.2) is 0 Å². The summed E-state index contributed by atoms with van der Waals surface area (Å²) in [4.78, 5) is 21.6. The van der Waals surface area contributed by atoms with E-state index >= 15 is 0 Å². The van der Waals surface area contributed by atoms with Gasteiger partial charge >= 0.3 is 51.4 Å². The summed E-state index contributed by atoms with van der Waals surface area (Å²) in [6.45, 7) is 3.86. The number of aliphatic carboxylic acids is 1. The standard InChI is InChI=1S/C12H15NO3.K/c1-8-4-3-5-10(9(8)2)13-11(14)6-7-12(15)16;/h3-5H,6-7H2,1-2H3,(H,13,14)(H,15,16);/q;+1/p-1. The van der Waals surface area contributed by atoms with Crippen molar-refractivity contribution in [2.45, 2.75) is 26.7 Å². The van der Waals surface area contributed by atoms with Crippen LogP contribution in [0, 0.1) is 13.8 Å². The number of hydrogen-bond donors (Lipinski definition) is 1. The average molecular weight is 259 g/mol. The van der Waals surface area contributed by atoms with Crippen LogP contribution >= 0.6 is 0 Å². The van der Waals surface area contributed by atoms with E-state index in [1.807, 2.05) is 26.0 Å². The Kier molecular flexibility index (Phi) is 7.90. The zero-order chi connectivity index (χ0) is 12.1. The van der Waals surface area contributed by atoms with Gasteiger partial charge in [-0.1, -0.05) is 12.1 Å². The molecule has 1 rings (SSSR count). The number of rotatable bonds is 4. The molecule has 4 nitrogen and oxygen atoms in total. The Balaban J connectivity index is 0.00000256. The minimum atomic E-state index is -1.21. The molecule has 0 saturated carbocycles. The first kappa shape index (κ1) is 16.8. The Hall–Kier alpha value is -0.204. The Bertz CT molecular complexity index is 418. The fourth-order valence-corrected chi connectivity index (χ4v) is 1.31. The van der Waals surface area contributed by atoms with Crippen LogP contribution in [-0.2, 0) is 9.59 Å². The second-order valence-corrected chi connectivity index (χ2v) is 3.67. The second-order valence-electron chi connectivity index (χ2n) is 3.67. The van der Waals surface area contributed by atoms with E-state index < -0.39 is 5.97 Å². The number of carbonyl (C=O) groups excluding carboxylic acids is 2. The SMILES string of the molecule is Cc1cccc(NC(=O)CCC(=O)[O-])c1C.[K+]. The largest absolute Gasteiger partial charge is 1.00 e. The van der Waals surface area contributed by atoms with Crippen LogP contribution in [0.5, 0.6) is 0 Å². The maximum atomic E-state index is 11.4. The Morgan fingerprint density at radius 1 is 1.24 bits per heavy atom. The number of amides is 1. The van der Waals surface area contributed by atoms with E-state index in [0.29, 0.717) is 0 Å². The van der Waals surface area contributed by atoms with Gasteiger partial charge in [0.25, 0.3) is 0 Å². The van der Waals surface area contributed by atoms with Gasteiger partial charge in [0, 0.05) is 18.1 Å². The Morgan fingerprint density at radius 3 is 2.47 bits per heavy atom. The maximum absolute atomic E-state index is 11.4. The van der Waals surface area contributed by atoms with E-state index in [1.165, 1.54) is 0 Å². The van der Waals surface area contributed by atoms with Crippen molar-refractivity contribution in [1.29, 1.82) is 0 Å². The van der Waals surface area contributed by atoms with E-state index in [4.69, 9.17) is 0 Å². The van der Waals surface area contributed by atoms with E-state index in [0.717, 1.165) is 16.8 Å². The molecule has 1 amide bonds. The first-order chi connectivity index (χ1) is 7.50. The predicted octanol–water partition coefficient (Wildman–Crippen LogP) is -2.22. The van der Waals surface area contributed by atoms with Crippen molar-refractivity contribution < 1.29 is 66.1 Å². The minimum Gasteiger partial charge on any atom is -0.550 e. The van der Waals surface area contributed by atoms with Crippen molar-refractivity contribution in [3.8, 4) is 0 Å². The summed E-state index contributed by atoms with van der Waals surface area (Å²) in [6, 6.07) is 5.59. The zero-order valence-corrected chi connectivity index (χ0v) is 13.5. The van der Waals surface area contributed by atoms with E-state index in [9.17, 15) is 14.7 Å². The van der Waals surface area contributed by atoms with Gasteiger partial charge in [0.1, 0.15) is 0 Å². The van der Waals surface area contributed by atoms with Gasteiger partial charge in [-0.05, 0) is 37.5 Å². The second kappa shape index (κ2) is 8.00. The molecule has 0 aliphatic carbocycles. The minimum absolute atomic E-state index is 0. The molecule has 0 heterocycles. The van der Waals surface area contributed by atoms with Gasteiger partial charge in [0.2, 0.25) is 5.91 Å². The summed E-state index contributed by atoms with van der Waals surface area (Å²) in [5, 5.41) is 12.9. The van der Waals surface area contributed by atoms with Crippen LogP contribution in [0.15, 0.2) is 18.2 Å². The third kappa shape index (κ3) is 5.79. The third-order valence-corrected chi connectivity index (χ3v) is 2.43. The number of carbonyl (C=O) groups is 2. The molecule has 0 radical (unpaired) electrons. The van der Waals surface area contributed by atoms with Crippen LogP contribution in [0.25, 0.3) is 0 Å². The van der Waals surface area contributed by atoms with E-state index in [1.54, 1.807) is 6.07 Å².